The van der Waals surface area contributed by atoms with Crippen molar-refractivity contribution in [1.29, 1.82) is 0 Å². The van der Waals surface area contributed by atoms with Gasteiger partial charge in [0.05, 0.1) is 7.11 Å². The van der Waals surface area contributed by atoms with Crippen molar-refractivity contribution in [3.05, 3.63) is 35.1 Å². The van der Waals surface area contributed by atoms with Crippen molar-refractivity contribution in [2.24, 2.45) is 0 Å². The third kappa shape index (κ3) is 5.27. The van der Waals surface area contributed by atoms with Crippen LogP contribution in [0.15, 0.2) is 18.2 Å². The van der Waals surface area contributed by atoms with Crippen LogP contribution in [0.4, 0.5) is 4.39 Å². The van der Waals surface area contributed by atoms with Crippen LogP contribution in [0.2, 0.25) is 0 Å². The lowest BCUT2D eigenvalue weighted by Gasteiger charge is -2.07. The number of hydrogen-bond acceptors (Lipinski definition) is 3. The molecule has 0 aromatic heterocycles. The Bertz CT molecular complexity index is 393. The number of benzene rings is 1. The molecule has 0 heterocycles. The van der Waals surface area contributed by atoms with Gasteiger partial charge in [0.25, 0.3) is 0 Å². The van der Waals surface area contributed by atoms with Gasteiger partial charge in [-0.1, -0.05) is 6.07 Å². The molecule has 18 heavy (non-hydrogen) atoms. The zero-order valence-electron chi connectivity index (χ0n) is 11.0. The molecule has 1 rings (SSSR count). The largest absolute Gasteiger partial charge is 0.469 e. The quantitative estimate of drug-likeness (QED) is 0.598. The predicted molar refractivity (Wildman–Crippen MR) is 69.0 cm³/mol. The van der Waals surface area contributed by atoms with Gasteiger partial charge < -0.3 is 10.1 Å². The fraction of sp³-hybridized carbons (Fsp3) is 0.500. The first-order valence-electron chi connectivity index (χ1n) is 6.16. The van der Waals surface area contributed by atoms with Crippen LogP contribution in [0, 0.1) is 12.7 Å². The second-order valence-corrected chi connectivity index (χ2v) is 4.25. The lowest BCUT2D eigenvalue weighted by atomic mass is 10.1. The first kappa shape index (κ1) is 14.6. The minimum absolute atomic E-state index is 0.175. The molecule has 0 saturated heterocycles. The molecule has 0 radical (unpaired) electrons. The van der Waals surface area contributed by atoms with Gasteiger partial charge >= 0.3 is 5.97 Å². The van der Waals surface area contributed by atoms with E-state index in [1.165, 1.54) is 13.2 Å². The van der Waals surface area contributed by atoms with Crippen molar-refractivity contribution in [3.8, 4) is 0 Å². The number of rotatable bonds is 7. The van der Waals surface area contributed by atoms with Crippen LogP contribution < -0.4 is 5.32 Å². The monoisotopic (exact) mass is 253 g/mol. The topological polar surface area (TPSA) is 38.3 Å². The summed E-state index contributed by atoms with van der Waals surface area (Å²) in [6, 6.07) is 4.85. The molecule has 0 spiro atoms. The Balaban J connectivity index is 2.16. The van der Waals surface area contributed by atoms with Crippen molar-refractivity contribution in [2.45, 2.75) is 26.2 Å². The predicted octanol–water partition coefficient (Wildman–Crippen LogP) is 2.22. The molecule has 3 nitrogen and oxygen atoms in total. The highest BCUT2D eigenvalue weighted by molar-refractivity contribution is 5.69. The molecule has 4 heteroatoms. The number of methoxy groups -OCH3 is 1. The van der Waals surface area contributed by atoms with E-state index in [0.717, 1.165) is 37.1 Å². The number of halogens is 1. The molecule has 1 aromatic rings. The van der Waals surface area contributed by atoms with E-state index in [1.54, 1.807) is 6.07 Å². The van der Waals surface area contributed by atoms with E-state index in [4.69, 9.17) is 0 Å². The average Bonchev–Trinajstić information content (AvgIpc) is 2.35. The SMILES string of the molecule is COC(=O)CCCNCCc1ccc(F)cc1C. The molecule has 0 aliphatic heterocycles. The highest BCUT2D eigenvalue weighted by atomic mass is 19.1. The molecule has 100 valence electrons. The fourth-order valence-electron chi connectivity index (χ4n) is 1.75. The lowest BCUT2D eigenvalue weighted by Crippen LogP contribution is -2.19. The standard InChI is InChI=1S/C14H20FNO2/c1-11-10-13(15)6-5-12(11)7-9-16-8-3-4-14(17)18-2/h5-6,10,16H,3-4,7-9H2,1-2H3. The molecule has 0 aliphatic rings. The van der Waals surface area contributed by atoms with Gasteiger partial charge in [-0.15, -0.1) is 0 Å². The summed E-state index contributed by atoms with van der Waals surface area (Å²) in [7, 11) is 1.40. The number of carbonyl (C=O) groups excluding carboxylic acids is 1. The summed E-state index contributed by atoms with van der Waals surface area (Å²) in [6.45, 7) is 3.53. The van der Waals surface area contributed by atoms with Gasteiger partial charge in [0.1, 0.15) is 5.82 Å². The summed E-state index contributed by atoms with van der Waals surface area (Å²) >= 11 is 0. The molecule has 0 atom stereocenters. The molecule has 0 bridgehead atoms. The minimum atomic E-state index is -0.192. The van der Waals surface area contributed by atoms with Gasteiger partial charge in [0.2, 0.25) is 0 Å². The lowest BCUT2D eigenvalue weighted by molar-refractivity contribution is -0.140. The number of hydrogen-bond donors (Lipinski definition) is 1. The van der Waals surface area contributed by atoms with E-state index in [0.29, 0.717) is 6.42 Å². The highest BCUT2D eigenvalue weighted by Crippen LogP contribution is 2.10. The molecule has 0 unspecified atom stereocenters. The average molecular weight is 253 g/mol. The molecular formula is C14H20FNO2. The number of nitrogens with one attached hydrogen (secondary N) is 1. The first-order valence-corrected chi connectivity index (χ1v) is 6.16. The van der Waals surface area contributed by atoms with Crippen LogP contribution in [-0.2, 0) is 16.0 Å². The van der Waals surface area contributed by atoms with Crippen molar-refractivity contribution >= 4 is 5.97 Å². The van der Waals surface area contributed by atoms with E-state index < -0.39 is 0 Å². The molecular weight excluding hydrogens is 233 g/mol. The van der Waals surface area contributed by atoms with Gasteiger partial charge in [0.15, 0.2) is 0 Å². The van der Waals surface area contributed by atoms with Gasteiger partial charge in [0, 0.05) is 6.42 Å². The summed E-state index contributed by atoms with van der Waals surface area (Å²) in [5, 5.41) is 3.25. The summed E-state index contributed by atoms with van der Waals surface area (Å²) in [5.74, 6) is -0.367. The van der Waals surface area contributed by atoms with Crippen LogP contribution in [0.5, 0.6) is 0 Å². The molecule has 1 N–H and O–H groups in total. The Morgan fingerprint density at radius 1 is 1.39 bits per heavy atom. The third-order valence-corrected chi connectivity index (χ3v) is 2.84. The van der Waals surface area contributed by atoms with E-state index in [1.807, 2.05) is 13.0 Å². The van der Waals surface area contributed by atoms with E-state index in [-0.39, 0.29) is 11.8 Å². The van der Waals surface area contributed by atoms with Crippen molar-refractivity contribution in [3.63, 3.8) is 0 Å². The fourth-order valence-corrected chi connectivity index (χ4v) is 1.75. The Morgan fingerprint density at radius 3 is 2.83 bits per heavy atom. The second-order valence-electron chi connectivity index (χ2n) is 4.25. The molecule has 0 aliphatic carbocycles. The maximum absolute atomic E-state index is 12.9. The molecule has 0 amide bonds. The van der Waals surface area contributed by atoms with Crippen LogP contribution in [0.1, 0.15) is 24.0 Å². The Hall–Kier alpha value is -1.42. The maximum Gasteiger partial charge on any atom is 0.305 e. The number of carbonyl (C=O) groups is 1. The van der Waals surface area contributed by atoms with Crippen molar-refractivity contribution in [2.75, 3.05) is 20.2 Å². The summed E-state index contributed by atoms with van der Waals surface area (Å²) < 4.78 is 17.4. The normalized spacial score (nSPS) is 10.4. The van der Waals surface area contributed by atoms with Crippen LogP contribution >= 0.6 is 0 Å². The zero-order chi connectivity index (χ0) is 13.4. The Labute approximate surface area is 107 Å². The molecule has 0 saturated carbocycles. The summed E-state index contributed by atoms with van der Waals surface area (Å²) in [5.41, 5.74) is 2.13. The molecule has 1 aromatic carbocycles. The number of ether oxygens (including phenoxy) is 1. The third-order valence-electron chi connectivity index (χ3n) is 2.84. The smallest absolute Gasteiger partial charge is 0.305 e. The maximum atomic E-state index is 12.9. The van der Waals surface area contributed by atoms with Gasteiger partial charge in [-0.25, -0.2) is 4.39 Å². The Morgan fingerprint density at radius 2 is 2.17 bits per heavy atom. The van der Waals surface area contributed by atoms with Crippen molar-refractivity contribution in [1.82, 2.24) is 5.32 Å². The van der Waals surface area contributed by atoms with Gasteiger partial charge in [-0.2, -0.15) is 0 Å². The van der Waals surface area contributed by atoms with Crippen LogP contribution in [0.3, 0.4) is 0 Å². The zero-order valence-corrected chi connectivity index (χ0v) is 11.0. The summed E-state index contributed by atoms with van der Waals surface area (Å²) in [6.07, 6.45) is 2.08. The van der Waals surface area contributed by atoms with Crippen LogP contribution in [-0.4, -0.2) is 26.2 Å². The van der Waals surface area contributed by atoms with E-state index in [2.05, 4.69) is 10.1 Å². The highest BCUT2D eigenvalue weighted by Gasteiger charge is 2.01. The second kappa shape index (κ2) is 7.82. The Kier molecular flexibility index (Phi) is 6.36. The number of aryl methyl sites for hydroxylation is 1. The number of esters is 1. The molecule has 0 fully saturated rings. The van der Waals surface area contributed by atoms with Gasteiger partial charge in [-0.3, -0.25) is 4.79 Å². The summed E-state index contributed by atoms with van der Waals surface area (Å²) in [4.78, 5) is 10.9. The van der Waals surface area contributed by atoms with E-state index >= 15 is 0 Å². The van der Waals surface area contributed by atoms with Gasteiger partial charge in [-0.05, 0) is 56.1 Å². The van der Waals surface area contributed by atoms with E-state index in [9.17, 15) is 9.18 Å². The first-order chi connectivity index (χ1) is 8.63. The minimum Gasteiger partial charge on any atom is -0.469 e. The van der Waals surface area contributed by atoms with Crippen molar-refractivity contribution < 1.29 is 13.9 Å². The van der Waals surface area contributed by atoms with Crippen LogP contribution in [0.25, 0.3) is 0 Å².